The fraction of sp³-hybridized carbons (Fsp3) is 0.531. The molecule has 40 heavy (non-hydrogen) atoms. The average Bonchev–Trinajstić information content (AvgIpc) is 3.48. The highest BCUT2D eigenvalue weighted by molar-refractivity contribution is 5.96. The molecule has 8 heteroatoms. The molecule has 4 aliphatic rings. The van der Waals surface area contributed by atoms with E-state index >= 15 is 0 Å². The quantitative estimate of drug-likeness (QED) is 0.280. The Morgan fingerprint density at radius 1 is 1.20 bits per heavy atom. The van der Waals surface area contributed by atoms with E-state index in [0.717, 1.165) is 0 Å². The number of rotatable bonds is 6. The number of ether oxygens (including phenoxy) is 2. The van der Waals surface area contributed by atoms with Crippen molar-refractivity contribution in [3.8, 4) is 0 Å². The lowest BCUT2D eigenvalue weighted by Crippen LogP contribution is -2.65. The van der Waals surface area contributed by atoms with Gasteiger partial charge in [-0.2, -0.15) is 0 Å². The van der Waals surface area contributed by atoms with Crippen LogP contribution in [0.4, 0.5) is 0 Å². The lowest BCUT2D eigenvalue weighted by Gasteiger charge is -2.48. The average molecular weight is 551 g/mol. The van der Waals surface area contributed by atoms with E-state index in [0.29, 0.717) is 23.1 Å². The van der Waals surface area contributed by atoms with Gasteiger partial charge in [0.05, 0.1) is 24.2 Å². The molecule has 4 aliphatic carbocycles. The highest BCUT2D eigenvalue weighted by Gasteiger charge is 2.77. The summed E-state index contributed by atoms with van der Waals surface area (Å²) in [6, 6.07) is 8.72. The number of Topliss-reactive ketones (excluding diaryl/α,β-unsaturated/α-hetero) is 1. The molecule has 1 aromatic rings. The molecule has 2 bridgehead atoms. The molecular weight excluding hydrogens is 512 g/mol. The molecule has 0 heterocycles. The zero-order valence-corrected chi connectivity index (χ0v) is 23.6. The fourth-order valence-corrected chi connectivity index (χ4v) is 7.82. The Morgan fingerprint density at radius 2 is 1.88 bits per heavy atom. The van der Waals surface area contributed by atoms with Crippen LogP contribution in [0.3, 0.4) is 0 Å². The maximum absolute atomic E-state index is 14.6. The molecule has 1 spiro atoms. The van der Waals surface area contributed by atoms with E-state index in [-0.39, 0.29) is 29.8 Å². The Hall–Kier alpha value is -3.07. The summed E-state index contributed by atoms with van der Waals surface area (Å²) in [5.74, 6) is -2.79. The van der Waals surface area contributed by atoms with E-state index in [1.165, 1.54) is 0 Å². The first-order valence-electron chi connectivity index (χ1n) is 13.9. The molecule has 5 rings (SSSR count). The van der Waals surface area contributed by atoms with E-state index in [1.807, 2.05) is 19.9 Å². The number of carbonyl (C=O) groups is 3. The van der Waals surface area contributed by atoms with Crippen molar-refractivity contribution in [2.24, 2.45) is 34.5 Å². The van der Waals surface area contributed by atoms with E-state index in [9.17, 15) is 29.7 Å². The van der Waals surface area contributed by atoms with Gasteiger partial charge >= 0.3 is 11.9 Å². The van der Waals surface area contributed by atoms with Gasteiger partial charge in [-0.25, -0.2) is 9.59 Å². The first-order chi connectivity index (χ1) is 18.9. The summed E-state index contributed by atoms with van der Waals surface area (Å²) >= 11 is 0. The van der Waals surface area contributed by atoms with Crippen LogP contribution in [-0.2, 0) is 19.1 Å². The van der Waals surface area contributed by atoms with Gasteiger partial charge < -0.3 is 24.8 Å². The van der Waals surface area contributed by atoms with Gasteiger partial charge in [0.15, 0.2) is 17.5 Å². The number of aliphatic hydroxyl groups is 3. The lowest BCUT2D eigenvalue weighted by atomic mass is 9.59. The smallest absolute Gasteiger partial charge is 0.338 e. The topological polar surface area (TPSA) is 130 Å². The fourth-order valence-electron chi connectivity index (χ4n) is 7.82. The number of benzene rings is 1. The van der Waals surface area contributed by atoms with E-state index in [2.05, 4.69) is 0 Å². The van der Waals surface area contributed by atoms with Crippen LogP contribution in [0.2, 0.25) is 0 Å². The molecule has 0 radical (unpaired) electrons. The second kappa shape index (κ2) is 9.79. The van der Waals surface area contributed by atoms with Crippen LogP contribution in [0.5, 0.6) is 0 Å². The number of carbonyl (C=O) groups excluding carboxylic acids is 3. The summed E-state index contributed by atoms with van der Waals surface area (Å²) in [7, 11) is 0. The number of allylic oxidation sites excluding steroid dienone is 2. The molecule has 0 amide bonds. The Labute approximate surface area is 234 Å². The van der Waals surface area contributed by atoms with Crippen LogP contribution in [0.25, 0.3) is 0 Å². The summed E-state index contributed by atoms with van der Waals surface area (Å²) in [6.07, 6.45) is 2.46. The molecule has 9 atom stereocenters. The van der Waals surface area contributed by atoms with Crippen molar-refractivity contribution in [2.75, 3.05) is 13.2 Å². The summed E-state index contributed by atoms with van der Waals surface area (Å²) in [5.41, 5.74) is -2.88. The SMILES string of the molecule is C/C=C(/C)C(=O)O[C@H]1C(C)=C[C@]23C(=O)[C@@H](C=C(CO)[C@@H](O)[C@]12O)[C@H]1[C@@H](C[C@H]3C)[C@@]1(C)COC(=O)c1ccccc1. The predicted molar refractivity (Wildman–Crippen MR) is 146 cm³/mol. The number of esters is 2. The molecular formula is C32H38O8. The molecule has 3 N–H and O–H groups in total. The third-order valence-electron chi connectivity index (χ3n) is 10.2. The molecule has 0 aromatic heterocycles. The Kier molecular flexibility index (Phi) is 6.96. The van der Waals surface area contributed by atoms with Crippen molar-refractivity contribution in [1.82, 2.24) is 0 Å². The number of ketones is 1. The van der Waals surface area contributed by atoms with Crippen LogP contribution >= 0.6 is 0 Å². The minimum absolute atomic E-state index is 0.00402. The lowest BCUT2D eigenvalue weighted by molar-refractivity contribution is -0.201. The summed E-state index contributed by atoms with van der Waals surface area (Å²) in [5, 5.41) is 34.4. The van der Waals surface area contributed by atoms with Gasteiger partial charge in [-0.1, -0.05) is 50.3 Å². The third-order valence-corrected chi connectivity index (χ3v) is 10.2. The number of hydrogen-bond acceptors (Lipinski definition) is 8. The highest BCUT2D eigenvalue weighted by atomic mass is 16.6. The minimum atomic E-state index is -2.20. The molecule has 0 aliphatic heterocycles. The monoisotopic (exact) mass is 550 g/mol. The van der Waals surface area contributed by atoms with Gasteiger partial charge in [0.1, 0.15) is 6.10 Å². The van der Waals surface area contributed by atoms with E-state index in [4.69, 9.17) is 9.47 Å². The van der Waals surface area contributed by atoms with Gasteiger partial charge in [-0.05, 0) is 68.2 Å². The molecule has 1 aromatic carbocycles. The van der Waals surface area contributed by atoms with Crippen molar-refractivity contribution < 1.29 is 39.2 Å². The van der Waals surface area contributed by atoms with Crippen molar-refractivity contribution in [3.63, 3.8) is 0 Å². The van der Waals surface area contributed by atoms with Crippen LogP contribution in [0.1, 0.15) is 51.4 Å². The normalized spacial score (nSPS) is 40.1. The van der Waals surface area contributed by atoms with Crippen molar-refractivity contribution >= 4 is 17.7 Å². The van der Waals surface area contributed by atoms with Gasteiger partial charge in [-0.15, -0.1) is 0 Å². The van der Waals surface area contributed by atoms with Crippen molar-refractivity contribution in [1.29, 1.82) is 0 Å². The van der Waals surface area contributed by atoms with E-state index < -0.39 is 59.0 Å². The van der Waals surface area contributed by atoms with Gasteiger partial charge in [-0.3, -0.25) is 4.79 Å². The summed E-state index contributed by atoms with van der Waals surface area (Å²) in [4.78, 5) is 40.1. The first kappa shape index (κ1) is 28.5. The second-order valence-electron chi connectivity index (χ2n) is 12.2. The maximum Gasteiger partial charge on any atom is 0.338 e. The predicted octanol–water partition coefficient (Wildman–Crippen LogP) is 3.17. The first-order valence-corrected chi connectivity index (χ1v) is 13.9. The Bertz CT molecular complexity index is 1330. The summed E-state index contributed by atoms with van der Waals surface area (Å²) < 4.78 is 11.5. The molecule has 0 saturated heterocycles. The van der Waals surface area contributed by atoms with Gasteiger partial charge in [0, 0.05) is 16.9 Å². The van der Waals surface area contributed by atoms with Gasteiger partial charge in [0.2, 0.25) is 0 Å². The molecule has 2 saturated carbocycles. The largest absolute Gasteiger partial charge is 0.461 e. The van der Waals surface area contributed by atoms with Crippen LogP contribution in [0.15, 0.2) is 65.3 Å². The van der Waals surface area contributed by atoms with Crippen molar-refractivity contribution in [2.45, 2.75) is 58.8 Å². The van der Waals surface area contributed by atoms with Gasteiger partial charge in [0.25, 0.3) is 0 Å². The number of fused-ring (bicyclic) bond motifs is 3. The molecule has 0 unspecified atom stereocenters. The zero-order chi connectivity index (χ0) is 29.2. The molecule has 214 valence electrons. The Morgan fingerprint density at radius 3 is 2.50 bits per heavy atom. The van der Waals surface area contributed by atoms with E-state index in [1.54, 1.807) is 63.3 Å². The molecule has 2 fully saturated rings. The number of hydrogen-bond donors (Lipinski definition) is 3. The van der Waals surface area contributed by atoms with Crippen molar-refractivity contribution in [3.05, 3.63) is 70.8 Å². The Balaban J connectivity index is 1.52. The number of aliphatic hydroxyl groups excluding tert-OH is 2. The van der Waals surface area contributed by atoms with Crippen LogP contribution in [0, 0.1) is 34.5 Å². The third kappa shape index (κ3) is 3.80. The summed E-state index contributed by atoms with van der Waals surface area (Å²) in [6.45, 7) is 8.38. The zero-order valence-electron chi connectivity index (χ0n) is 23.6. The van der Waals surface area contributed by atoms with Crippen LogP contribution < -0.4 is 0 Å². The maximum atomic E-state index is 14.6. The highest BCUT2D eigenvalue weighted by Crippen LogP contribution is 2.72. The van der Waals surface area contributed by atoms with Crippen LogP contribution in [-0.4, -0.2) is 64.1 Å². The molecule has 8 nitrogen and oxygen atoms in total. The standard InChI is InChI=1S/C32H38O8/c1-6-17(2)28(36)40-27-18(3)14-31-19(4)12-23-24(22(26(31)35)13-21(15-33)25(34)32(27,31)38)30(23,5)16-39-29(37)20-10-8-7-9-11-20/h6-11,13-14,19,22-25,27,33-34,38H,12,15-16H2,1-5H3/b17-6-/t19-,22+,23-,24+,25-,27+,30-,31+,32+/m1/s1. The minimum Gasteiger partial charge on any atom is -0.461 e. The second-order valence-corrected chi connectivity index (χ2v) is 12.2.